The highest BCUT2D eigenvalue weighted by atomic mass is 32.2. The zero-order valence-electron chi connectivity index (χ0n) is 26.9. The molecule has 0 fully saturated rings. The first-order chi connectivity index (χ1) is 20.6. The molecule has 0 aliphatic carbocycles. The van der Waals surface area contributed by atoms with Gasteiger partial charge in [-0.2, -0.15) is 0 Å². The first kappa shape index (κ1) is 31.3. The first-order valence-corrected chi connectivity index (χ1v) is 19.0. The van der Waals surface area contributed by atoms with Gasteiger partial charge in [0.2, 0.25) is 0 Å². The van der Waals surface area contributed by atoms with Crippen molar-refractivity contribution in [2.45, 2.75) is 115 Å². The van der Waals surface area contributed by atoms with E-state index in [9.17, 15) is 0 Å². The van der Waals surface area contributed by atoms with Crippen molar-refractivity contribution < 1.29 is 0 Å². The maximum Gasteiger partial charge on any atom is 0.0227 e. The Morgan fingerprint density at radius 2 is 0.619 bits per heavy atom. The molecule has 0 bridgehead atoms. The number of hydrogen-bond donors (Lipinski definition) is 0. The molecule has 222 valence electrons. The smallest absolute Gasteiger partial charge is 0.0227 e. The fourth-order valence-electron chi connectivity index (χ4n) is 6.77. The number of unbranched alkanes of at least 4 members (excludes halogenated alkanes) is 4. The summed E-state index contributed by atoms with van der Waals surface area (Å²) in [6, 6.07) is 20.2. The van der Waals surface area contributed by atoms with Crippen molar-refractivity contribution in [2.75, 3.05) is 12.5 Å². The average molecular weight is 595 g/mol. The SMILES string of the molecule is CCCCc1cc2cc3c(SC)c4cc5cc(CCCC)c(CCCC)cc5cc4c(SC)c3cc2cc1CCCC. The topological polar surface area (TPSA) is 0 Å². The Hall–Kier alpha value is -2.16. The van der Waals surface area contributed by atoms with Crippen LogP contribution in [0.4, 0.5) is 0 Å². The summed E-state index contributed by atoms with van der Waals surface area (Å²) in [5.41, 5.74) is 6.27. The van der Waals surface area contributed by atoms with Crippen LogP contribution in [0.15, 0.2) is 58.3 Å². The van der Waals surface area contributed by atoms with Crippen molar-refractivity contribution in [1.82, 2.24) is 0 Å². The second kappa shape index (κ2) is 14.5. The highest BCUT2D eigenvalue weighted by Crippen LogP contribution is 2.45. The van der Waals surface area contributed by atoms with Crippen LogP contribution in [0, 0.1) is 0 Å². The predicted octanol–water partition coefficient (Wildman–Crippen LogP) is 13.1. The molecule has 0 saturated heterocycles. The van der Waals surface area contributed by atoms with Crippen LogP contribution in [-0.2, 0) is 25.7 Å². The second-order valence-electron chi connectivity index (χ2n) is 12.2. The first-order valence-electron chi connectivity index (χ1n) is 16.6. The van der Waals surface area contributed by atoms with Crippen molar-refractivity contribution in [3.63, 3.8) is 0 Å². The van der Waals surface area contributed by atoms with Gasteiger partial charge in [0.05, 0.1) is 0 Å². The van der Waals surface area contributed by atoms with Crippen LogP contribution in [0.25, 0.3) is 43.1 Å². The Kier molecular flexibility index (Phi) is 10.8. The Morgan fingerprint density at radius 1 is 0.381 bits per heavy atom. The number of aryl methyl sites for hydroxylation is 4. The molecule has 0 unspecified atom stereocenters. The van der Waals surface area contributed by atoms with Crippen molar-refractivity contribution in [1.29, 1.82) is 0 Å². The molecular weight excluding hydrogens is 545 g/mol. The minimum Gasteiger partial charge on any atom is -0.128 e. The summed E-state index contributed by atoms with van der Waals surface area (Å²) in [5, 5.41) is 11.3. The molecule has 0 aliphatic heterocycles. The molecule has 0 radical (unpaired) electrons. The van der Waals surface area contributed by atoms with E-state index in [1.54, 1.807) is 22.3 Å². The van der Waals surface area contributed by atoms with E-state index < -0.39 is 0 Å². The van der Waals surface area contributed by atoms with Crippen LogP contribution in [0.5, 0.6) is 0 Å². The van der Waals surface area contributed by atoms with Gasteiger partial charge in [0, 0.05) is 9.79 Å². The molecule has 5 aromatic rings. The lowest BCUT2D eigenvalue weighted by molar-refractivity contribution is 0.759. The Balaban J connectivity index is 1.78. The van der Waals surface area contributed by atoms with Gasteiger partial charge in [0.1, 0.15) is 0 Å². The van der Waals surface area contributed by atoms with Gasteiger partial charge in [0.15, 0.2) is 0 Å². The molecule has 0 saturated carbocycles. The number of hydrogen-bond acceptors (Lipinski definition) is 2. The summed E-state index contributed by atoms with van der Waals surface area (Å²) >= 11 is 3.84. The molecule has 2 heteroatoms. The largest absolute Gasteiger partial charge is 0.128 e. The van der Waals surface area contributed by atoms with Crippen LogP contribution >= 0.6 is 23.5 Å². The predicted molar refractivity (Wildman–Crippen MR) is 194 cm³/mol. The minimum absolute atomic E-state index is 1.19. The maximum atomic E-state index is 2.53. The van der Waals surface area contributed by atoms with Gasteiger partial charge in [-0.25, -0.2) is 0 Å². The molecular formula is C40H50S2. The van der Waals surface area contributed by atoms with Crippen LogP contribution in [0.3, 0.4) is 0 Å². The zero-order valence-corrected chi connectivity index (χ0v) is 28.6. The van der Waals surface area contributed by atoms with Gasteiger partial charge in [-0.1, -0.05) is 77.6 Å². The summed E-state index contributed by atoms with van der Waals surface area (Å²) < 4.78 is 0. The van der Waals surface area contributed by atoms with Crippen molar-refractivity contribution in [3.8, 4) is 0 Å². The number of benzene rings is 5. The molecule has 0 heterocycles. The standard InChI is InChI=1S/C40H50S2/c1-7-11-15-27-19-31-23-35-36(24-32(31)20-28(27)16-12-8-2)40(42-6)38-26-34-22-30(18-14-10-4)29(17-13-9-3)21-33(34)25-37(38)39(35)41-5/h19-26H,7-18H2,1-6H3. The average Bonchev–Trinajstić information content (AvgIpc) is 3.01. The highest BCUT2D eigenvalue weighted by Gasteiger charge is 2.17. The zero-order chi connectivity index (χ0) is 29.6. The summed E-state index contributed by atoms with van der Waals surface area (Å²) in [7, 11) is 0. The minimum atomic E-state index is 1.19. The van der Waals surface area contributed by atoms with E-state index in [4.69, 9.17) is 0 Å². The van der Waals surface area contributed by atoms with Crippen molar-refractivity contribution in [3.05, 3.63) is 70.8 Å². The molecule has 0 atom stereocenters. The monoisotopic (exact) mass is 594 g/mol. The fraction of sp³-hybridized carbons (Fsp3) is 0.450. The summed E-state index contributed by atoms with van der Waals surface area (Å²) in [4.78, 5) is 2.86. The second-order valence-corrected chi connectivity index (χ2v) is 13.8. The van der Waals surface area contributed by atoms with E-state index in [0.29, 0.717) is 0 Å². The van der Waals surface area contributed by atoms with Gasteiger partial charge >= 0.3 is 0 Å². The van der Waals surface area contributed by atoms with E-state index in [-0.39, 0.29) is 0 Å². The molecule has 0 amide bonds. The summed E-state index contributed by atoms with van der Waals surface area (Å²) in [5.74, 6) is 0. The quantitative estimate of drug-likeness (QED) is 0.0926. The molecule has 5 aromatic carbocycles. The third-order valence-corrected chi connectivity index (χ3v) is 10.9. The van der Waals surface area contributed by atoms with E-state index in [2.05, 4.69) is 88.7 Å². The molecule has 5 rings (SSSR count). The van der Waals surface area contributed by atoms with Crippen LogP contribution in [-0.4, -0.2) is 12.5 Å². The normalized spacial score (nSPS) is 12.0. The van der Waals surface area contributed by atoms with Crippen LogP contribution in [0.2, 0.25) is 0 Å². The molecule has 0 nitrogen and oxygen atoms in total. The highest BCUT2D eigenvalue weighted by molar-refractivity contribution is 7.99. The van der Waals surface area contributed by atoms with Crippen molar-refractivity contribution >= 4 is 66.6 Å². The Morgan fingerprint density at radius 3 is 0.810 bits per heavy atom. The number of fused-ring (bicyclic) bond motifs is 4. The Labute approximate surface area is 263 Å². The van der Waals surface area contributed by atoms with Gasteiger partial charge < -0.3 is 0 Å². The summed E-state index contributed by atoms with van der Waals surface area (Å²) in [6.45, 7) is 9.23. The lowest BCUT2D eigenvalue weighted by Crippen LogP contribution is -1.97. The van der Waals surface area contributed by atoms with E-state index in [0.717, 1.165) is 0 Å². The Bertz CT molecular complexity index is 1450. The molecule has 0 spiro atoms. The van der Waals surface area contributed by atoms with Gasteiger partial charge in [-0.15, -0.1) is 23.5 Å². The third-order valence-electron chi connectivity index (χ3n) is 9.18. The fourth-order valence-corrected chi connectivity index (χ4v) is 8.32. The lowest BCUT2D eigenvalue weighted by atomic mass is 9.90. The van der Waals surface area contributed by atoms with E-state index in [1.165, 1.54) is 130 Å². The van der Waals surface area contributed by atoms with Crippen molar-refractivity contribution in [2.24, 2.45) is 0 Å². The van der Waals surface area contributed by atoms with Crippen LogP contribution < -0.4 is 0 Å². The summed E-state index contributed by atoms with van der Waals surface area (Å²) in [6.07, 6.45) is 19.4. The number of rotatable bonds is 14. The molecule has 0 aromatic heterocycles. The lowest BCUT2D eigenvalue weighted by Gasteiger charge is -2.19. The third kappa shape index (κ3) is 6.36. The van der Waals surface area contributed by atoms with E-state index in [1.807, 2.05) is 23.5 Å². The van der Waals surface area contributed by atoms with Gasteiger partial charge in [-0.3, -0.25) is 0 Å². The van der Waals surface area contributed by atoms with Gasteiger partial charge in [-0.05, 0) is 153 Å². The number of thioether (sulfide) groups is 2. The van der Waals surface area contributed by atoms with Crippen LogP contribution in [0.1, 0.15) is 101 Å². The van der Waals surface area contributed by atoms with E-state index >= 15 is 0 Å². The molecule has 42 heavy (non-hydrogen) atoms. The van der Waals surface area contributed by atoms with Gasteiger partial charge in [0.25, 0.3) is 0 Å². The molecule has 0 N–H and O–H groups in total. The maximum absolute atomic E-state index is 2.53. The molecule has 0 aliphatic rings.